The van der Waals surface area contributed by atoms with Gasteiger partial charge >= 0.3 is 0 Å². The van der Waals surface area contributed by atoms with Crippen LogP contribution in [-0.4, -0.2) is 0 Å². The maximum absolute atomic E-state index is 5.72. The second-order valence-electron chi connectivity index (χ2n) is 3.95. The van der Waals surface area contributed by atoms with Crippen molar-refractivity contribution in [1.29, 1.82) is 0 Å². The molecule has 0 spiro atoms. The molecule has 0 aliphatic carbocycles. The van der Waals surface area contributed by atoms with E-state index in [2.05, 4.69) is 5.43 Å². The van der Waals surface area contributed by atoms with E-state index < -0.39 is 0 Å². The summed E-state index contributed by atoms with van der Waals surface area (Å²) < 4.78 is 5.72. The largest absolute Gasteiger partial charge is 0.489 e. The van der Waals surface area contributed by atoms with Crippen LogP contribution in [0.25, 0.3) is 0 Å². The first-order valence-electron chi connectivity index (χ1n) is 5.53. The van der Waals surface area contributed by atoms with Crippen LogP contribution in [0, 0.1) is 6.92 Å². The highest BCUT2D eigenvalue weighted by Crippen LogP contribution is 2.20. The number of anilines is 1. The smallest absolute Gasteiger partial charge is 0.122 e. The number of ether oxygens (including phenoxy) is 1. The molecule has 0 radical (unpaired) electrons. The van der Waals surface area contributed by atoms with E-state index in [9.17, 15) is 0 Å². The van der Waals surface area contributed by atoms with Crippen LogP contribution < -0.4 is 16.0 Å². The Morgan fingerprint density at radius 3 is 2.59 bits per heavy atom. The standard InChI is InChI=1S/C14H16N2O/c1-11-7-13(16-15)9-14(8-11)17-10-12-5-3-2-4-6-12/h2-9,16H,10,15H2,1H3. The Morgan fingerprint density at radius 2 is 1.88 bits per heavy atom. The number of hydrazine groups is 1. The van der Waals surface area contributed by atoms with Crippen LogP contribution in [0.4, 0.5) is 5.69 Å². The molecule has 2 aromatic carbocycles. The Kier molecular flexibility index (Phi) is 3.62. The summed E-state index contributed by atoms with van der Waals surface area (Å²) in [6.07, 6.45) is 0. The van der Waals surface area contributed by atoms with Gasteiger partial charge in [0, 0.05) is 6.07 Å². The molecule has 3 nitrogen and oxygen atoms in total. The third-order valence-corrected chi connectivity index (χ3v) is 2.47. The normalized spacial score (nSPS) is 10.0. The molecule has 0 heterocycles. The maximum Gasteiger partial charge on any atom is 0.122 e. The zero-order chi connectivity index (χ0) is 12.1. The molecule has 0 saturated carbocycles. The lowest BCUT2D eigenvalue weighted by atomic mass is 10.2. The molecular weight excluding hydrogens is 212 g/mol. The van der Waals surface area contributed by atoms with Crippen LogP contribution in [0.2, 0.25) is 0 Å². The fourth-order valence-electron chi connectivity index (χ4n) is 1.66. The molecule has 3 heteroatoms. The second kappa shape index (κ2) is 5.37. The van der Waals surface area contributed by atoms with Gasteiger partial charge < -0.3 is 10.2 Å². The monoisotopic (exact) mass is 228 g/mol. The summed E-state index contributed by atoms with van der Waals surface area (Å²) in [4.78, 5) is 0. The highest BCUT2D eigenvalue weighted by Gasteiger charge is 1.99. The van der Waals surface area contributed by atoms with E-state index in [0.29, 0.717) is 6.61 Å². The molecule has 2 rings (SSSR count). The molecule has 88 valence electrons. The molecule has 0 amide bonds. The number of nitrogens with two attached hydrogens (primary N) is 1. The van der Waals surface area contributed by atoms with E-state index in [0.717, 1.165) is 22.6 Å². The van der Waals surface area contributed by atoms with Crippen molar-refractivity contribution in [2.45, 2.75) is 13.5 Å². The molecule has 0 fully saturated rings. The van der Waals surface area contributed by atoms with Crippen LogP contribution in [-0.2, 0) is 6.61 Å². The average Bonchev–Trinajstić information content (AvgIpc) is 2.37. The van der Waals surface area contributed by atoms with Crippen LogP contribution in [0.5, 0.6) is 5.75 Å². The maximum atomic E-state index is 5.72. The SMILES string of the molecule is Cc1cc(NN)cc(OCc2ccccc2)c1. The van der Waals surface area contributed by atoms with Gasteiger partial charge in [0.1, 0.15) is 12.4 Å². The molecule has 0 unspecified atom stereocenters. The Labute approximate surface area is 101 Å². The number of hydrogen-bond donors (Lipinski definition) is 2. The minimum absolute atomic E-state index is 0.564. The molecule has 0 bridgehead atoms. The lowest BCUT2D eigenvalue weighted by Gasteiger charge is -2.09. The lowest BCUT2D eigenvalue weighted by molar-refractivity contribution is 0.306. The van der Waals surface area contributed by atoms with Crippen LogP contribution in [0.15, 0.2) is 48.5 Å². The van der Waals surface area contributed by atoms with Crippen LogP contribution in [0.1, 0.15) is 11.1 Å². The minimum Gasteiger partial charge on any atom is -0.489 e. The Balaban J connectivity index is 2.06. The number of benzene rings is 2. The van der Waals surface area contributed by atoms with Gasteiger partial charge in [-0.25, -0.2) is 0 Å². The molecule has 0 aliphatic heterocycles. The van der Waals surface area contributed by atoms with E-state index in [4.69, 9.17) is 10.6 Å². The van der Waals surface area contributed by atoms with Crippen molar-refractivity contribution in [3.05, 3.63) is 59.7 Å². The number of rotatable bonds is 4. The minimum atomic E-state index is 0.564. The first-order valence-corrected chi connectivity index (χ1v) is 5.53. The highest BCUT2D eigenvalue weighted by molar-refractivity contribution is 5.50. The summed E-state index contributed by atoms with van der Waals surface area (Å²) in [6, 6.07) is 15.9. The van der Waals surface area contributed by atoms with E-state index in [1.807, 2.05) is 55.5 Å². The van der Waals surface area contributed by atoms with Gasteiger partial charge in [0.05, 0.1) is 5.69 Å². The molecule has 0 atom stereocenters. The summed E-state index contributed by atoms with van der Waals surface area (Å²) in [5, 5.41) is 0. The second-order valence-corrected chi connectivity index (χ2v) is 3.95. The van der Waals surface area contributed by atoms with Crippen molar-refractivity contribution >= 4 is 5.69 Å². The van der Waals surface area contributed by atoms with Crippen molar-refractivity contribution in [3.8, 4) is 5.75 Å². The average molecular weight is 228 g/mol. The Bertz CT molecular complexity index is 483. The fraction of sp³-hybridized carbons (Fsp3) is 0.143. The van der Waals surface area contributed by atoms with Crippen LogP contribution >= 0.6 is 0 Å². The molecule has 0 aromatic heterocycles. The van der Waals surface area contributed by atoms with Crippen molar-refractivity contribution in [2.75, 3.05) is 5.43 Å². The van der Waals surface area contributed by atoms with Gasteiger partial charge in [0.15, 0.2) is 0 Å². The number of aryl methyl sites for hydroxylation is 1. The summed E-state index contributed by atoms with van der Waals surface area (Å²) >= 11 is 0. The number of nitrogens with one attached hydrogen (secondary N) is 1. The van der Waals surface area contributed by atoms with Crippen molar-refractivity contribution in [3.63, 3.8) is 0 Å². The van der Waals surface area contributed by atoms with E-state index in [1.54, 1.807) is 0 Å². The first-order chi connectivity index (χ1) is 8.28. The quantitative estimate of drug-likeness (QED) is 0.625. The molecule has 17 heavy (non-hydrogen) atoms. The fourth-order valence-corrected chi connectivity index (χ4v) is 1.66. The lowest BCUT2D eigenvalue weighted by Crippen LogP contribution is -2.07. The zero-order valence-electron chi connectivity index (χ0n) is 9.81. The summed E-state index contributed by atoms with van der Waals surface area (Å²) in [5.74, 6) is 6.21. The third-order valence-electron chi connectivity index (χ3n) is 2.47. The van der Waals surface area contributed by atoms with Crippen LogP contribution in [0.3, 0.4) is 0 Å². The summed E-state index contributed by atoms with van der Waals surface area (Å²) in [7, 11) is 0. The van der Waals surface area contributed by atoms with Crippen molar-refractivity contribution in [1.82, 2.24) is 0 Å². The topological polar surface area (TPSA) is 47.3 Å². The van der Waals surface area contributed by atoms with Crippen molar-refractivity contribution in [2.24, 2.45) is 5.84 Å². The van der Waals surface area contributed by atoms with Gasteiger partial charge in [-0.1, -0.05) is 30.3 Å². The van der Waals surface area contributed by atoms with E-state index >= 15 is 0 Å². The van der Waals surface area contributed by atoms with Gasteiger partial charge in [0.25, 0.3) is 0 Å². The molecular formula is C14H16N2O. The highest BCUT2D eigenvalue weighted by atomic mass is 16.5. The van der Waals surface area contributed by atoms with Gasteiger partial charge in [-0.3, -0.25) is 5.84 Å². The first kappa shape index (κ1) is 11.5. The molecule has 0 aliphatic rings. The number of hydrogen-bond acceptors (Lipinski definition) is 3. The van der Waals surface area contributed by atoms with Gasteiger partial charge in [-0.05, 0) is 30.2 Å². The van der Waals surface area contributed by atoms with Gasteiger partial charge in [0.2, 0.25) is 0 Å². The van der Waals surface area contributed by atoms with Gasteiger partial charge in [-0.15, -0.1) is 0 Å². The molecule has 3 N–H and O–H groups in total. The summed E-state index contributed by atoms with van der Waals surface area (Å²) in [5.41, 5.74) is 5.74. The van der Waals surface area contributed by atoms with Crippen molar-refractivity contribution < 1.29 is 4.74 Å². The Morgan fingerprint density at radius 1 is 1.12 bits per heavy atom. The predicted octanol–water partition coefficient (Wildman–Crippen LogP) is 2.86. The summed E-state index contributed by atoms with van der Waals surface area (Å²) in [6.45, 7) is 2.57. The third kappa shape index (κ3) is 3.23. The van der Waals surface area contributed by atoms with E-state index in [-0.39, 0.29) is 0 Å². The van der Waals surface area contributed by atoms with Gasteiger partial charge in [-0.2, -0.15) is 0 Å². The molecule has 2 aromatic rings. The molecule has 0 saturated heterocycles. The zero-order valence-corrected chi connectivity index (χ0v) is 9.81. The number of nitrogen functional groups attached to an aromatic ring is 1. The Hall–Kier alpha value is -2.00. The predicted molar refractivity (Wildman–Crippen MR) is 69.8 cm³/mol. The van der Waals surface area contributed by atoms with E-state index in [1.165, 1.54) is 0 Å².